The summed E-state index contributed by atoms with van der Waals surface area (Å²) >= 11 is 0. The highest BCUT2D eigenvalue weighted by molar-refractivity contribution is 5.82. The summed E-state index contributed by atoms with van der Waals surface area (Å²) in [6, 6.07) is 9.54. The van der Waals surface area contributed by atoms with Crippen molar-refractivity contribution >= 4 is 11.5 Å². The molecule has 5 rings (SSSR count). The number of aliphatic hydroxyl groups is 1. The summed E-state index contributed by atoms with van der Waals surface area (Å²) in [5.74, 6) is 8.30. The van der Waals surface area contributed by atoms with Crippen molar-refractivity contribution in [2.24, 2.45) is 5.84 Å². The number of furan rings is 1. The highest BCUT2D eigenvalue weighted by atomic mass is 16.3. The van der Waals surface area contributed by atoms with Crippen LogP contribution in [0.4, 0.5) is 11.5 Å². The van der Waals surface area contributed by atoms with Gasteiger partial charge >= 0.3 is 0 Å². The molecule has 0 radical (unpaired) electrons. The Hall–Kier alpha value is -3.01. The van der Waals surface area contributed by atoms with E-state index in [9.17, 15) is 5.11 Å². The molecule has 0 bridgehead atoms. The molecule has 0 atom stereocenters. The van der Waals surface area contributed by atoms with Gasteiger partial charge in [0.2, 0.25) is 0 Å². The molecular formula is C21H25N7O2. The summed E-state index contributed by atoms with van der Waals surface area (Å²) in [6.45, 7) is 2.28. The average Bonchev–Trinajstić information content (AvgIpc) is 3.32. The monoisotopic (exact) mass is 407 g/mol. The van der Waals surface area contributed by atoms with E-state index in [4.69, 9.17) is 15.2 Å². The molecular weight excluding hydrogens is 382 g/mol. The van der Waals surface area contributed by atoms with E-state index in [1.807, 2.05) is 37.3 Å². The number of aryl methyl sites for hydroxylation is 1. The highest BCUT2D eigenvalue weighted by Gasteiger charge is 2.34. The van der Waals surface area contributed by atoms with Crippen LogP contribution in [0.5, 0.6) is 0 Å². The van der Waals surface area contributed by atoms with Gasteiger partial charge in [-0.3, -0.25) is 10.4 Å². The maximum atomic E-state index is 11.0. The van der Waals surface area contributed by atoms with E-state index in [2.05, 4.69) is 15.4 Å². The van der Waals surface area contributed by atoms with Crippen LogP contribution in [-0.4, -0.2) is 25.3 Å². The maximum absolute atomic E-state index is 11.0. The SMILES string of the molecule is Cc1ccc(-c2ncnc3c2NN(N)N3Cc2cccc(C3(O)CCCCC3)n2)o1. The summed E-state index contributed by atoms with van der Waals surface area (Å²) < 4.78 is 5.73. The number of hydrogen-bond donors (Lipinski definition) is 3. The van der Waals surface area contributed by atoms with Crippen LogP contribution in [0.2, 0.25) is 0 Å². The topological polar surface area (TPSA) is 117 Å². The molecule has 156 valence electrons. The lowest BCUT2D eigenvalue weighted by atomic mass is 9.82. The number of pyridine rings is 1. The molecule has 3 aromatic rings. The van der Waals surface area contributed by atoms with Crippen molar-refractivity contribution in [3.05, 3.63) is 53.8 Å². The number of rotatable bonds is 4. The number of anilines is 2. The number of nitrogens with one attached hydrogen (secondary N) is 1. The summed E-state index contributed by atoms with van der Waals surface area (Å²) in [7, 11) is 0. The number of hydrogen-bond acceptors (Lipinski definition) is 9. The van der Waals surface area contributed by atoms with Crippen LogP contribution in [0, 0.1) is 6.92 Å². The van der Waals surface area contributed by atoms with Gasteiger partial charge in [0, 0.05) is 0 Å². The second-order valence-corrected chi connectivity index (χ2v) is 7.95. The first kappa shape index (κ1) is 19.0. The molecule has 2 aliphatic rings. The Bertz CT molecular complexity index is 1060. The fraction of sp³-hybridized carbons (Fsp3) is 0.381. The minimum Gasteiger partial charge on any atom is -0.460 e. The van der Waals surface area contributed by atoms with Crippen molar-refractivity contribution < 1.29 is 9.52 Å². The van der Waals surface area contributed by atoms with Gasteiger partial charge in [-0.05, 0) is 44.0 Å². The maximum Gasteiger partial charge on any atom is 0.174 e. The molecule has 9 heteroatoms. The molecule has 0 spiro atoms. The molecule has 3 aromatic heterocycles. The van der Waals surface area contributed by atoms with Crippen molar-refractivity contribution in [2.75, 3.05) is 10.4 Å². The van der Waals surface area contributed by atoms with Gasteiger partial charge < -0.3 is 9.52 Å². The van der Waals surface area contributed by atoms with E-state index in [1.54, 1.807) is 5.01 Å². The standard InChI is InChI=1S/C21H25N7O2/c1-14-8-9-16(30-14)18-19-20(24-13-23-18)27(28(22)26-19)12-15-6-5-7-17(25-15)21(29)10-3-2-4-11-21/h5-9,13,26,29H,2-4,10-12,22H2,1H3. The molecule has 0 unspecified atom stereocenters. The van der Waals surface area contributed by atoms with Crippen molar-refractivity contribution in [1.82, 2.24) is 20.2 Å². The van der Waals surface area contributed by atoms with E-state index >= 15 is 0 Å². The van der Waals surface area contributed by atoms with E-state index in [0.29, 0.717) is 29.5 Å². The quantitative estimate of drug-likeness (QED) is 0.561. The molecule has 1 aliphatic heterocycles. The highest BCUT2D eigenvalue weighted by Crippen LogP contribution is 2.39. The predicted octanol–water partition coefficient (Wildman–Crippen LogP) is 3.03. The van der Waals surface area contributed by atoms with Gasteiger partial charge in [0.15, 0.2) is 11.6 Å². The van der Waals surface area contributed by atoms with Crippen molar-refractivity contribution in [2.45, 2.75) is 51.2 Å². The summed E-state index contributed by atoms with van der Waals surface area (Å²) in [5.41, 5.74) is 5.11. The molecule has 0 aromatic carbocycles. The van der Waals surface area contributed by atoms with Gasteiger partial charge in [-0.25, -0.2) is 20.8 Å². The molecule has 1 aliphatic carbocycles. The first-order chi connectivity index (χ1) is 14.5. The van der Waals surface area contributed by atoms with Crippen LogP contribution in [0.25, 0.3) is 11.5 Å². The molecule has 0 amide bonds. The number of hydrazine groups is 3. The third kappa shape index (κ3) is 3.30. The molecule has 4 heterocycles. The van der Waals surface area contributed by atoms with Crippen LogP contribution in [0.15, 0.2) is 41.1 Å². The zero-order chi connectivity index (χ0) is 20.7. The first-order valence-corrected chi connectivity index (χ1v) is 10.2. The van der Waals surface area contributed by atoms with Gasteiger partial charge in [0.25, 0.3) is 0 Å². The Balaban J connectivity index is 1.44. The Morgan fingerprint density at radius 3 is 2.77 bits per heavy atom. The van der Waals surface area contributed by atoms with Gasteiger partial charge in [-0.1, -0.05) is 30.6 Å². The molecule has 9 nitrogen and oxygen atoms in total. The normalized spacial score (nSPS) is 18.3. The molecule has 0 saturated heterocycles. The third-order valence-electron chi connectivity index (χ3n) is 5.81. The zero-order valence-corrected chi connectivity index (χ0v) is 16.9. The average molecular weight is 407 g/mol. The largest absolute Gasteiger partial charge is 0.460 e. The minimum absolute atomic E-state index is 0.397. The smallest absolute Gasteiger partial charge is 0.174 e. The van der Waals surface area contributed by atoms with Crippen LogP contribution >= 0.6 is 0 Å². The van der Waals surface area contributed by atoms with Crippen LogP contribution in [0.3, 0.4) is 0 Å². The number of aromatic nitrogens is 3. The second-order valence-electron chi connectivity index (χ2n) is 7.95. The minimum atomic E-state index is -0.843. The molecule has 1 saturated carbocycles. The van der Waals surface area contributed by atoms with Gasteiger partial charge in [-0.15, -0.1) is 0 Å². The molecule has 1 fully saturated rings. The van der Waals surface area contributed by atoms with Crippen LogP contribution < -0.4 is 16.3 Å². The second kappa shape index (κ2) is 7.35. The van der Waals surface area contributed by atoms with Crippen molar-refractivity contribution in [3.8, 4) is 11.5 Å². The lowest BCUT2D eigenvalue weighted by Gasteiger charge is -2.32. The third-order valence-corrected chi connectivity index (χ3v) is 5.81. The Labute approximate surface area is 174 Å². The van der Waals surface area contributed by atoms with E-state index < -0.39 is 5.60 Å². The van der Waals surface area contributed by atoms with Crippen LogP contribution in [0.1, 0.15) is 49.3 Å². The molecule has 4 N–H and O–H groups in total. The summed E-state index contributed by atoms with van der Waals surface area (Å²) in [4.78, 5) is 13.5. The van der Waals surface area contributed by atoms with E-state index in [1.165, 1.54) is 11.6 Å². The van der Waals surface area contributed by atoms with Gasteiger partial charge in [0.05, 0.1) is 17.9 Å². The summed E-state index contributed by atoms with van der Waals surface area (Å²) in [6.07, 6.45) is 6.20. The van der Waals surface area contributed by atoms with Crippen molar-refractivity contribution in [3.63, 3.8) is 0 Å². The fourth-order valence-corrected chi connectivity index (χ4v) is 4.22. The number of nitrogens with two attached hydrogens (primary N) is 1. The lowest BCUT2D eigenvalue weighted by Crippen LogP contribution is -2.46. The van der Waals surface area contributed by atoms with Gasteiger partial charge in [0.1, 0.15) is 29.1 Å². The lowest BCUT2D eigenvalue weighted by molar-refractivity contribution is -0.00481. The van der Waals surface area contributed by atoms with E-state index in [0.717, 1.165) is 49.3 Å². The zero-order valence-electron chi connectivity index (χ0n) is 16.9. The van der Waals surface area contributed by atoms with Crippen molar-refractivity contribution in [1.29, 1.82) is 0 Å². The number of nitrogens with zero attached hydrogens (tertiary/aromatic N) is 5. The van der Waals surface area contributed by atoms with Gasteiger partial charge in [-0.2, -0.15) is 0 Å². The molecule has 30 heavy (non-hydrogen) atoms. The predicted molar refractivity (Wildman–Crippen MR) is 112 cm³/mol. The number of fused-ring (bicyclic) bond motifs is 1. The Kier molecular flexibility index (Phi) is 4.65. The Morgan fingerprint density at radius 1 is 1.17 bits per heavy atom. The van der Waals surface area contributed by atoms with Crippen LogP contribution in [-0.2, 0) is 12.1 Å². The Morgan fingerprint density at radius 2 is 2.00 bits per heavy atom. The fourth-order valence-electron chi connectivity index (χ4n) is 4.22. The first-order valence-electron chi connectivity index (χ1n) is 10.2. The summed E-state index contributed by atoms with van der Waals surface area (Å²) in [5, 5.41) is 14.2. The van der Waals surface area contributed by atoms with E-state index in [-0.39, 0.29) is 0 Å².